The Bertz CT molecular complexity index is 2470. The van der Waals surface area contributed by atoms with E-state index < -0.39 is 0 Å². The van der Waals surface area contributed by atoms with Gasteiger partial charge in [0.25, 0.3) is 0 Å². The smallest absolute Gasteiger partial charge is 0.135 e. The molecule has 6 aromatic carbocycles. The fraction of sp³-hybridized carbons (Fsp3) is 0. The number of pyridine rings is 1. The zero-order valence-corrected chi connectivity index (χ0v) is 23.8. The van der Waals surface area contributed by atoms with E-state index in [9.17, 15) is 0 Å². The highest BCUT2D eigenvalue weighted by molar-refractivity contribution is 6.10. The lowest BCUT2D eigenvalue weighted by molar-refractivity contribution is 0.669. The number of rotatable bonds is 4. The molecule has 0 saturated carbocycles. The fourth-order valence-corrected chi connectivity index (χ4v) is 6.52. The number of fused-ring (bicyclic) bond motifs is 6. The lowest BCUT2D eigenvalue weighted by Crippen LogP contribution is -1.94. The molecule has 0 amide bonds. The van der Waals surface area contributed by atoms with Crippen molar-refractivity contribution in [3.05, 3.63) is 158 Å². The van der Waals surface area contributed by atoms with Crippen molar-refractivity contribution >= 4 is 43.7 Å². The van der Waals surface area contributed by atoms with Gasteiger partial charge in [-0.05, 0) is 81.9 Å². The first kappa shape index (κ1) is 24.6. The van der Waals surface area contributed by atoms with Crippen molar-refractivity contribution in [2.45, 2.75) is 0 Å². The van der Waals surface area contributed by atoms with Gasteiger partial charge in [0, 0.05) is 33.4 Å². The first-order valence-corrected chi connectivity index (χ1v) is 14.9. The summed E-state index contributed by atoms with van der Waals surface area (Å²) in [6, 6.07) is 51.7. The van der Waals surface area contributed by atoms with Crippen molar-refractivity contribution in [1.82, 2.24) is 9.55 Å². The van der Waals surface area contributed by atoms with E-state index in [1.165, 1.54) is 49.7 Å². The van der Waals surface area contributed by atoms with Gasteiger partial charge in [0.2, 0.25) is 0 Å². The summed E-state index contributed by atoms with van der Waals surface area (Å²) in [5.74, 6) is 0. The molecule has 0 aliphatic rings. The van der Waals surface area contributed by atoms with Crippen LogP contribution in [0.25, 0.3) is 82.8 Å². The zero-order chi connectivity index (χ0) is 29.0. The lowest BCUT2D eigenvalue weighted by atomic mass is 9.98. The molecule has 9 rings (SSSR count). The van der Waals surface area contributed by atoms with Crippen LogP contribution < -0.4 is 0 Å². The van der Waals surface area contributed by atoms with E-state index in [0.717, 1.165) is 33.1 Å². The van der Waals surface area contributed by atoms with Gasteiger partial charge in [-0.15, -0.1) is 0 Å². The van der Waals surface area contributed by atoms with Crippen LogP contribution in [0.5, 0.6) is 0 Å². The second-order valence-corrected chi connectivity index (χ2v) is 11.3. The topological polar surface area (TPSA) is 31.0 Å². The van der Waals surface area contributed by atoms with E-state index in [4.69, 9.17) is 4.42 Å². The average Bonchev–Trinajstić information content (AvgIpc) is 3.64. The molecule has 3 aromatic heterocycles. The van der Waals surface area contributed by atoms with Gasteiger partial charge in [0.1, 0.15) is 11.2 Å². The highest BCUT2D eigenvalue weighted by Crippen LogP contribution is 2.36. The summed E-state index contributed by atoms with van der Waals surface area (Å²) in [7, 11) is 0. The van der Waals surface area contributed by atoms with Gasteiger partial charge in [-0.3, -0.25) is 4.98 Å². The Labute approximate surface area is 254 Å². The average molecular weight is 563 g/mol. The molecule has 0 radical (unpaired) electrons. The van der Waals surface area contributed by atoms with Crippen LogP contribution in [-0.2, 0) is 0 Å². The van der Waals surface area contributed by atoms with Crippen LogP contribution in [0.1, 0.15) is 0 Å². The predicted molar refractivity (Wildman–Crippen MR) is 182 cm³/mol. The maximum atomic E-state index is 6.03. The molecule has 3 nitrogen and oxygen atoms in total. The maximum Gasteiger partial charge on any atom is 0.135 e. The fourth-order valence-electron chi connectivity index (χ4n) is 6.52. The highest BCUT2D eigenvalue weighted by Gasteiger charge is 2.14. The second-order valence-electron chi connectivity index (χ2n) is 11.3. The Balaban J connectivity index is 1.10. The molecule has 0 aliphatic heterocycles. The van der Waals surface area contributed by atoms with Crippen LogP contribution >= 0.6 is 0 Å². The highest BCUT2D eigenvalue weighted by atomic mass is 16.3. The van der Waals surface area contributed by atoms with E-state index >= 15 is 0 Å². The first-order valence-electron chi connectivity index (χ1n) is 14.9. The molecule has 0 fully saturated rings. The molecule has 0 bridgehead atoms. The van der Waals surface area contributed by atoms with Gasteiger partial charge < -0.3 is 8.98 Å². The van der Waals surface area contributed by atoms with Crippen molar-refractivity contribution < 1.29 is 4.42 Å². The molecule has 0 saturated heterocycles. The van der Waals surface area contributed by atoms with Crippen LogP contribution in [0.2, 0.25) is 0 Å². The summed E-state index contributed by atoms with van der Waals surface area (Å²) < 4.78 is 8.35. The Hall–Kier alpha value is -5.93. The Kier molecular flexibility index (Phi) is 5.50. The van der Waals surface area contributed by atoms with E-state index in [1.807, 2.05) is 24.5 Å². The molecule has 44 heavy (non-hydrogen) atoms. The number of para-hydroxylation sites is 1. The Morgan fingerprint density at radius 2 is 1.00 bits per heavy atom. The van der Waals surface area contributed by atoms with Gasteiger partial charge in [-0.2, -0.15) is 0 Å². The minimum Gasteiger partial charge on any atom is -0.456 e. The number of nitrogens with zero attached hydrogens (tertiary/aromatic N) is 2. The number of benzene rings is 6. The van der Waals surface area contributed by atoms with Gasteiger partial charge in [-0.1, -0.05) is 97.1 Å². The quantitative estimate of drug-likeness (QED) is 0.214. The summed E-state index contributed by atoms with van der Waals surface area (Å²) in [5, 5.41) is 4.71. The van der Waals surface area contributed by atoms with Crippen molar-refractivity contribution in [1.29, 1.82) is 0 Å². The van der Waals surface area contributed by atoms with Gasteiger partial charge >= 0.3 is 0 Å². The third kappa shape index (κ3) is 3.94. The number of hydrogen-bond acceptors (Lipinski definition) is 2. The van der Waals surface area contributed by atoms with Crippen molar-refractivity contribution in [2.75, 3.05) is 0 Å². The molecule has 3 heterocycles. The molecule has 3 heteroatoms. The minimum absolute atomic E-state index is 0.918. The monoisotopic (exact) mass is 562 g/mol. The van der Waals surface area contributed by atoms with Crippen molar-refractivity contribution in [2.24, 2.45) is 0 Å². The summed E-state index contributed by atoms with van der Waals surface area (Å²) in [6.07, 6.45) is 3.85. The molecule has 0 unspecified atom stereocenters. The molecule has 0 N–H and O–H groups in total. The van der Waals surface area contributed by atoms with E-state index in [1.54, 1.807) is 0 Å². The summed E-state index contributed by atoms with van der Waals surface area (Å²) in [4.78, 5) is 4.48. The molecule has 206 valence electrons. The van der Waals surface area contributed by atoms with E-state index in [2.05, 4.69) is 143 Å². The van der Waals surface area contributed by atoms with Crippen LogP contribution in [0, 0.1) is 0 Å². The van der Waals surface area contributed by atoms with Crippen LogP contribution in [0.4, 0.5) is 0 Å². The number of aromatic nitrogens is 2. The standard InChI is InChI=1S/C41H26N2O/c1-2-6-27(7-3-1)28-14-18-33(19-15-28)43-38-20-16-31(24-36(38)34-22-23-42-26-39(34)43)29-10-12-30(13-11-29)32-17-21-41-37(25-32)35-8-4-5-9-40(35)44-41/h1-26H. The zero-order valence-electron chi connectivity index (χ0n) is 23.8. The van der Waals surface area contributed by atoms with E-state index in [0.29, 0.717) is 0 Å². The third-order valence-corrected chi connectivity index (χ3v) is 8.73. The van der Waals surface area contributed by atoms with Gasteiger partial charge in [0.05, 0.1) is 17.2 Å². The van der Waals surface area contributed by atoms with E-state index in [-0.39, 0.29) is 0 Å². The normalized spacial score (nSPS) is 11.6. The molecule has 9 aromatic rings. The SMILES string of the molecule is c1ccc(-c2ccc(-n3c4ccc(-c5ccc(-c6ccc7oc8ccccc8c7c6)cc5)cc4c4ccncc43)cc2)cc1. The van der Waals surface area contributed by atoms with Gasteiger partial charge in [-0.25, -0.2) is 0 Å². The summed E-state index contributed by atoms with van der Waals surface area (Å²) >= 11 is 0. The van der Waals surface area contributed by atoms with Crippen LogP contribution in [-0.4, -0.2) is 9.55 Å². The molecular weight excluding hydrogens is 536 g/mol. The minimum atomic E-state index is 0.918. The summed E-state index contributed by atoms with van der Waals surface area (Å²) in [5.41, 5.74) is 12.4. The third-order valence-electron chi connectivity index (χ3n) is 8.73. The number of furan rings is 1. The lowest BCUT2D eigenvalue weighted by Gasteiger charge is -2.10. The van der Waals surface area contributed by atoms with Crippen molar-refractivity contribution in [3.8, 4) is 39.1 Å². The van der Waals surface area contributed by atoms with Crippen molar-refractivity contribution in [3.63, 3.8) is 0 Å². The van der Waals surface area contributed by atoms with Crippen LogP contribution in [0.15, 0.2) is 162 Å². The summed E-state index contributed by atoms with van der Waals surface area (Å²) in [6.45, 7) is 0. The van der Waals surface area contributed by atoms with Gasteiger partial charge in [0.15, 0.2) is 0 Å². The maximum absolute atomic E-state index is 6.03. The molecular formula is C41H26N2O. The largest absolute Gasteiger partial charge is 0.456 e. The molecule has 0 aliphatic carbocycles. The Morgan fingerprint density at radius 1 is 0.409 bits per heavy atom. The van der Waals surface area contributed by atoms with Crippen LogP contribution in [0.3, 0.4) is 0 Å². The first-order chi connectivity index (χ1) is 21.8. The molecule has 0 atom stereocenters. The molecule has 0 spiro atoms. The number of hydrogen-bond donors (Lipinski definition) is 0. The Morgan fingerprint density at radius 3 is 1.80 bits per heavy atom. The second kappa shape index (κ2) is 9.82. The predicted octanol–water partition coefficient (Wildman–Crippen LogP) is 11.1.